The van der Waals surface area contributed by atoms with Crippen molar-refractivity contribution in [3.8, 4) is 0 Å². The largest absolute Gasteiger partial charge is 0.372 e. The smallest absolute Gasteiger partial charge is 0.0821 e. The zero-order valence-corrected chi connectivity index (χ0v) is 10.0. The predicted molar refractivity (Wildman–Crippen MR) is 64.5 cm³/mol. The summed E-state index contributed by atoms with van der Waals surface area (Å²) in [6.45, 7) is 6.01. The molecule has 1 aromatic rings. The highest BCUT2D eigenvalue weighted by molar-refractivity contribution is 5.85. The van der Waals surface area contributed by atoms with E-state index in [1.807, 2.05) is 6.07 Å². The third-order valence-corrected chi connectivity index (χ3v) is 2.75. The van der Waals surface area contributed by atoms with Gasteiger partial charge >= 0.3 is 0 Å². The van der Waals surface area contributed by atoms with E-state index in [2.05, 4.69) is 43.4 Å². The van der Waals surface area contributed by atoms with E-state index in [4.69, 9.17) is 4.74 Å². The quantitative estimate of drug-likeness (QED) is 0.796. The Kier molecular flexibility index (Phi) is 4.14. The molecule has 2 nitrogen and oxygen atoms in total. The third kappa shape index (κ3) is 2.71. The number of nitrogens with one attached hydrogen (secondary N) is 1. The lowest BCUT2D eigenvalue weighted by Gasteiger charge is -2.39. The van der Waals surface area contributed by atoms with E-state index < -0.39 is 0 Å². The number of ether oxygens (including phenoxy) is 1. The van der Waals surface area contributed by atoms with Crippen LogP contribution in [0.25, 0.3) is 0 Å². The lowest BCUT2D eigenvalue weighted by Crippen LogP contribution is -2.48. The van der Waals surface area contributed by atoms with Gasteiger partial charge < -0.3 is 10.1 Å². The standard InChI is InChI=1S/C12H17NO.ClH/c1-12(2)11(13-8-9-14-12)10-6-4-3-5-7-10;/h3-7,11,13H,8-9H2,1-2H3;1H. The summed E-state index contributed by atoms with van der Waals surface area (Å²) < 4.78 is 5.77. The first-order chi connectivity index (χ1) is 6.70. The van der Waals surface area contributed by atoms with Crippen LogP contribution in [0.2, 0.25) is 0 Å². The first kappa shape index (κ1) is 12.5. The van der Waals surface area contributed by atoms with Crippen LogP contribution in [-0.2, 0) is 4.74 Å². The summed E-state index contributed by atoms with van der Waals surface area (Å²) in [6.07, 6.45) is 0. The molecule has 1 aliphatic heterocycles. The van der Waals surface area contributed by atoms with Crippen molar-refractivity contribution in [3.63, 3.8) is 0 Å². The number of halogens is 1. The molecular weight excluding hydrogens is 210 g/mol. The molecule has 3 heteroatoms. The van der Waals surface area contributed by atoms with Crippen molar-refractivity contribution in [1.82, 2.24) is 5.32 Å². The van der Waals surface area contributed by atoms with Gasteiger partial charge in [0.25, 0.3) is 0 Å². The maximum Gasteiger partial charge on any atom is 0.0821 e. The Morgan fingerprint density at radius 3 is 2.53 bits per heavy atom. The normalized spacial score (nSPS) is 24.3. The fraction of sp³-hybridized carbons (Fsp3) is 0.500. The van der Waals surface area contributed by atoms with Crippen molar-refractivity contribution in [2.45, 2.75) is 25.5 Å². The highest BCUT2D eigenvalue weighted by Gasteiger charge is 2.33. The average molecular weight is 228 g/mol. The van der Waals surface area contributed by atoms with Crippen molar-refractivity contribution in [1.29, 1.82) is 0 Å². The van der Waals surface area contributed by atoms with E-state index in [0.717, 1.165) is 13.2 Å². The molecule has 1 saturated heterocycles. The summed E-state index contributed by atoms with van der Waals surface area (Å²) in [4.78, 5) is 0. The molecule has 1 unspecified atom stereocenters. The number of hydrogen-bond donors (Lipinski definition) is 1. The molecule has 1 heterocycles. The molecule has 15 heavy (non-hydrogen) atoms. The Morgan fingerprint density at radius 1 is 1.27 bits per heavy atom. The van der Waals surface area contributed by atoms with Gasteiger partial charge in [-0.15, -0.1) is 12.4 Å². The van der Waals surface area contributed by atoms with Gasteiger partial charge in [0.1, 0.15) is 0 Å². The SMILES string of the molecule is CC1(C)OCCNC1c1ccccc1.Cl. The second kappa shape index (κ2) is 4.97. The topological polar surface area (TPSA) is 21.3 Å². The summed E-state index contributed by atoms with van der Waals surface area (Å²) in [7, 11) is 0. The van der Waals surface area contributed by atoms with Gasteiger partial charge in [0.2, 0.25) is 0 Å². The molecule has 0 spiro atoms. The molecule has 0 aliphatic carbocycles. The third-order valence-electron chi connectivity index (χ3n) is 2.75. The summed E-state index contributed by atoms with van der Waals surface area (Å²) in [5.74, 6) is 0. The molecular formula is C12H18ClNO. The van der Waals surface area contributed by atoms with Crippen LogP contribution in [0.3, 0.4) is 0 Å². The maximum atomic E-state index is 5.77. The first-order valence-corrected chi connectivity index (χ1v) is 5.12. The highest BCUT2D eigenvalue weighted by Crippen LogP contribution is 2.30. The van der Waals surface area contributed by atoms with Crippen LogP contribution in [0, 0.1) is 0 Å². The molecule has 2 rings (SSSR count). The fourth-order valence-electron chi connectivity index (χ4n) is 2.01. The van der Waals surface area contributed by atoms with E-state index in [1.54, 1.807) is 0 Å². The first-order valence-electron chi connectivity index (χ1n) is 5.12. The summed E-state index contributed by atoms with van der Waals surface area (Å²) >= 11 is 0. The molecule has 1 aromatic carbocycles. The van der Waals surface area contributed by atoms with Crippen LogP contribution in [0.1, 0.15) is 25.5 Å². The highest BCUT2D eigenvalue weighted by atomic mass is 35.5. The molecule has 84 valence electrons. The molecule has 1 fully saturated rings. The van der Waals surface area contributed by atoms with Gasteiger partial charge in [-0.05, 0) is 19.4 Å². The van der Waals surface area contributed by atoms with E-state index in [-0.39, 0.29) is 18.0 Å². The second-order valence-corrected chi connectivity index (χ2v) is 4.25. The lowest BCUT2D eigenvalue weighted by molar-refractivity contribution is -0.0722. The monoisotopic (exact) mass is 227 g/mol. The van der Waals surface area contributed by atoms with Crippen molar-refractivity contribution in [2.75, 3.05) is 13.2 Å². The minimum atomic E-state index is -0.112. The van der Waals surface area contributed by atoms with Crippen LogP contribution in [0.5, 0.6) is 0 Å². The molecule has 0 saturated carbocycles. The molecule has 1 N–H and O–H groups in total. The van der Waals surface area contributed by atoms with E-state index in [1.165, 1.54) is 5.56 Å². The van der Waals surface area contributed by atoms with E-state index in [9.17, 15) is 0 Å². The number of hydrogen-bond acceptors (Lipinski definition) is 2. The molecule has 0 amide bonds. The van der Waals surface area contributed by atoms with Crippen molar-refractivity contribution in [2.24, 2.45) is 0 Å². The molecule has 0 bridgehead atoms. The van der Waals surface area contributed by atoms with Gasteiger partial charge in [-0.25, -0.2) is 0 Å². The van der Waals surface area contributed by atoms with Gasteiger partial charge in [-0.2, -0.15) is 0 Å². The van der Waals surface area contributed by atoms with Crippen LogP contribution < -0.4 is 5.32 Å². The minimum Gasteiger partial charge on any atom is -0.372 e. The summed E-state index contributed by atoms with van der Waals surface area (Å²) in [5.41, 5.74) is 1.19. The van der Waals surface area contributed by atoms with Gasteiger partial charge in [0, 0.05) is 6.54 Å². The van der Waals surface area contributed by atoms with Gasteiger partial charge in [0.05, 0.1) is 18.2 Å². The number of benzene rings is 1. The zero-order chi connectivity index (χ0) is 10.0. The van der Waals surface area contributed by atoms with Crippen LogP contribution in [-0.4, -0.2) is 18.8 Å². The Balaban J connectivity index is 0.00000112. The van der Waals surface area contributed by atoms with E-state index in [0.29, 0.717) is 6.04 Å². The second-order valence-electron chi connectivity index (χ2n) is 4.25. The van der Waals surface area contributed by atoms with Gasteiger partial charge in [0.15, 0.2) is 0 Å². The Bertz CT molecular complexity index is 300. The fourth-order valence-corrected chi connectivity index (χ4v) is 2.01. The molecule has 0 radical (unpaired) electrons. The number of rotatable bonds is 1. The molecule has 1 atom stereocenters. The lowest BCUT2D eigenvalue weighted by atomic mass is 9.90. The van der Waals surface area contributed by atoms with Gasteiger partial charge in [-0.3, -0.25) is 0 Å². The van der Waals surface area contributed by atoms with Crippen molar-refractivity contribution < 1.29 is 4.74 Å². The van der Waals surface area contributed by atoms with Crippen LogP contribution in [0.15, 0.2) is 30.3 Å². The summed E-state index contributed by atoms with van der Waals surface area (Å²) in [5, 5.41) is 3.50. The Hall–Kier alpha value is -0.570. The van der Waals surface area contributed by atoms with Crippen LogP contribution in [0.4, 0.5) is 0 Å². The Labute approximate surface area is 97.4 Å². The number of morpholine rings is 1. The summed E-state index contributed by atoms with van der Waals surface area (Å²) in [6, 6.07) is 10.8. The van der Waals surface area contributed by atoms with Crippen molar-refractivity contribution >= 4 is 12.4 Å². The van der Waals surface area contributed by atoms with Crippen LogP contribution >= 0.6 is 12.4 Å². The van der Waals surface area contributed by atoms with Crippen molar-refractivity contribution in [3.05, 3.63) is 35.9 Å². The molecule has 1 aliphatic rings. The minimum absolute atomic E-state index is 0. The zero-order valence-electron chi connectivity index (χ0n) is 9.19. The Morgan fingerprint density at radius 2 is 1.93 bits per heavy atom. The predicted octanol–water partition coefficient (Wildman–Crippen LogP) is 2.55. The maximum absolute atomic E-state index is 5.77. The van der Waals surface area contributed by atoms with E-state index >= 15 is 0 Å². The van der Waals surface area contributed by atoms with Gasteiger partial charge in [-0.1, -0.05) is 30.3 Å². The molecule has 0 aromatic heterocycles. The average Bonchev–Trinajstić information content (AvgIpc) is 2.18.